The number of nitrogens with two attached hydrogens (primary N) is 1. The Morgan fingerprint density at radius 1 is 1.35 bits per heavy atom. The van der Waals surface area contributed by atoms with Crippen LogP contribution in [0.25, 0.3) is 0 Å². The lowest BCUT2D eigenvalue weighted by Gasteiger charge is -2.24. The fraction of sp³-hybridized carbons (Fsp3) is 0.625. The van der Waals surface area contributed by atoms with E-state index in [0.29, 0.717) is 6.10 Å². The summed E-state index contributed by atoms with van der Waals surface area (Å²) in [6.07, 6.45) is 5.07. The van der Waals surface area contributed by atoms with Crippen LogP contribution in [0.15, 0.2) is 18.2 Å². The van der Waals surface area contributed by atoms with Crippen LogP contribution in [0.3, 0.4) is 0 Å². The Hall–Kier alpha value is -0.870. The first-order valence-electron chi connectivity index (χ1n) is 7.40. The number of hydrogen-bond acceptors (Lipinski definition) is 4. The Morgan fingerprint density at radius 2 is 2.20 bits per heavy atom. The van der Waals surface area contributed by atoms with Gasteiger partial charge in [0.2, 0.25) is 0 Å². The molecule has 1 heterocycles. The van der Waals surface area contributed by atoms with Gasteiger partial charge in [-0.15, -0.1) is 0 Å². The monoisotopic (exact) mass is 293 g/mol. The minimum absolute atomic E-state index is 0.200. The van der Waals surface area contributed by atoms with E-state index in [1.54, 1.807) is 7.11 Å². The molecule has 1 saturated heterocycles. The summed E-state index contributed by atoms with van der Waals surface area (Å²) in [7, 11) is 1.70. The lowest BCUT2D eigenvalue weighted by molar-refractivity contribution is 0.202. The molecule has 1 aromatic carbocycles. The van der Waals surface area contributed by atoms with Crippen molar-refractivity contribution < 1.29 is 9.47 Å². The molecule has 1 atom stereocenters. The predicted octanol–water partition coefficient (Wildman–Crippen LogP) is 2.96. The van der Waals surface area contributed by atoms with E-state index < -0.39 is 0 Å². The molecule has 3 nitrogen and oxygen atoms in total. The van der Waals surface area contributed by atoms with Crippen LogP contribution in [0.4, 0.5) is 0 Å². The van der Waals surface area contributed by atoms with Gasteiger partial charge in [0.05, 0.1) is 7.11 Å². The summed E-state index contributed by atoms with van der Waals surface area (Å²) in [6.45, 7) is 0.720. The zero-order valence-corrected chi connectivity index (χ0v) is 12.9. The summed E-state index contributed by atoms with van der Waals surface area (Å²) < 4.78 is 11.6. The molecule has 0 radical (unpaired) electrons. The van der Waals surface area contributed by atoms with Crippen molar-refractivity contribution in [3.63, 3.8) is 0 Å². The van der Waals surface area contributed by atoms with Crippen LogP contribution in [-0.4, -0.2) is 31.3 Å². The molecule has 4 heteroatoms. The number of ether oxygens (including phenoxy) is 2. The summed E-state index contributed by atoms with van der Waals surface area (Å²) in [5.41, 5.74) is 7.44. The summed E-state index contributed by atoms with van der Waals surface area (Å²) in [5, 5.41) is 0. The molecule has 1 unspecified atom stereocenters. The Kier molecular flexibility index (Phi) is 4.13. The van der Waals surface area contributed by atoms with Gasteiger partial charge in [0.15, 0.2) is 11.5 Å². The second-order valence-electron chi connectivity index (χ2n) is 5.81. The topological polar surface area (TPSA) is 44.5 Å². The first-order valence-corrected chi connectivity index (χ1v) is 8.56. The van der Waals surface area contributed by atoms with E-state index in [0.717, 1.165) is 30.2 Å². The molecule has 20 heavy (non-hydrogen) atoms. The molecule has 0 amide bonds. The molecule has 1 aliphatic carbocycles. The normalized spacial score (nSPS) is 24.2. The molecular formula is C16H23NO2S. The van der Waals surface area contributed by atoms with E-state index in [-0.39, 0.29) is 5.41 Å². The Bertz CT molecular complexity index is 468. The van der Waals surface area contributed by atoms with Crippen molar-refractivity contribution in [2.75, 3.05) is 25.2 Å². The van der Waals surface area contributed by atoms with Gasteiger partial charge in [-0.2, -0.15) is 11.8 Å². The third-order valence-electron chi connectivity index (χ3n) is 4.43. The van der Waals surface area contributed by atoms with Gasteiger partial charge in [-0.05, 0) is 49.1 Å². The fourth-order valence-corrected chi connectivity index (χ4v) is 3.88. The van der Waals surface area contributed by atoms with E-state index in [1.807, 2.05) is 17.8 Å². The van der Waals surface area contributed by atoms with Gasteiger partial charge in [0, 0.05) is 17.7 Å². The van der Waals surface area contributed by atoms with E-state index >= 15 is 0 Å². The van der Waals surface area contributed by atoms with Crippen molar-refractivity contribution >= 4 is 11.8 Å². The van der Waals surface area contributed by atoms with Gasteiger partial charge >= 0.3 is 0 Å². The fourth-order valence-electron chi connectivity index (χ4n) is 2.84. The molecular weight excluding hydrogens is 270 g/mol. The van der Waals surface area contributed by atoms with Gasteiger partial charge in [-0.3, -0.25) is 0 Å². The molecule has 2 fully saturated rings. The standard InChI is InChI=1S/C16H23NO2S/c1-18-14-5-4-12(16(11-17)6-7-16)9-15(14)19-13-3-2-8-20-10-13/h4-5,9,13H,2-3,6-8,10-11,17H2,1H3. The second-order valence-corrected chi connectivity index (χ2v) is 6.96. The average Bonchev–Trinajstić information content (AvgIpc) is 3.29. The van der Waals surface area contributed by atoms with E-state index in [4.69, 9.17) is 15.2 Å². The quantitative estimate of drug-likeness (QED) is 0.906. The lowest BCUT2D eigenvalue weighted by Crippen LogP contribution is -2.24. The minimum Gasteiger partial charge on any atom is -0.493 e. The third kappa shape index (κ3) is 2.77. The van der Waals surface area contributed by atoms with Gasteiger partial charge in [-0.1, -0.05) is 6.07 Å². The molecule has 1 saturated carbocycles. The number of thioether (sulfide) groups is 1. The smallest absolute Gasteiger partial charge is 0.161 e. The van der Waals surface area contributed by atoms with E-state index in [2.05, 4.69) is 12.1 Å². The minimum atomic E-state index is 0.200. The largest absolute Gasteiger partial charge is 0.493 e. The van der Waals surface area contributed by atoms with E-state index in [9.17, 15) is 0 Å². The molecule has 0 aromatic heterocycles. The van der Waals surface area contributed by atoms with E-state index in [1.165, 1.54) is 30.6 Å². The molecule has 2 N–H and O–H groups in total. The SMILES string of the molecule is COc1ccc(C2(CN)CC2)cc1OC1CCCSC1. The van der Waals surface area contributed by atoms with Crippen molar-refractivity contribution in [3.05, 3.63) is 23.8 Å². The first kappa shape index (κ1) is 14.1. The summed E-state index contributed by atoms with van der Waals surface area (Å²) in [5.74, 6) is 4.05. The molecule has 3 rings (SSSR count). The van der Waals surface area contributed by atoms with Crippen molar-refractivity contribution in [2.24, 2.45) is 5.73 Å². The molecule has 1 aromatic rings. The van der Waals surface area contributed by atoms with Crippen molar-refractivity contribution in [1.29, 1.82) is 0 Å². The maximum absolute atomic E-state index is 6.20. The summed E-state index contributed by atoms with van der Waals surface area (Å²) >= 11 is 1.98. The average molecular weight is 293 g/mol. The molecule has 110 valence electrons. The highest BCUT2D eigenvalue weighted by molar-refractivity contribution is 7.99. The highest BCUT2D eigenvalue weighted by Crippen LogP contribution is 2.49. The van der Waals surface area contributed by atoms with Crippen LogP contribution in [0.5, 0.6) is 11.5 Å². The van der Waals surface area contributed by atoms with Crippen LogP contribution >= 0.6 is 11.8 Å². The van der Waals surface area contributed by atoms with Gasteiger partial charge in [0.25, 0.3) is 0 Å². The molecule has 0 spiro atoms. The first-order chi connectivity index (χ1) is 9.77. The van der Waals surface area contributed by atoms with Gasteiger partial charge in [-0.25, -0.2) is 0 Å². The Labute approximate surface area is 125 Å². The van der Waals surface area contributed by atoms with Crippen molar-refractivity contribution in [2.45, 2.75) is 37.2 Å². The van der Waals surface area contributed by atoms with Crippen LogP contribution in [-0.2, 0) is 5.41 Å². The number of methoxy groups -OCH3 is 1. The number of hydrogen-bond donors (Lipinski definition) is 1. The zero-order chi connectivity index (χ0) is 14.0. The van der Waals surface area contributed by atoms with Crippen LogP contribution in [0, 0.1) is 0 Å². The highest BCUT2D eigenvalue weighted by Gasteiger charge is 2.43. The molecule has 2 aliphatic rings. The lowest BCUT2D eigenvalue weighted by atomic mass is 9.96. The van der Waals surface area contributed by atoms with Gasteiger partial charge < -0.3 is 15.2 Å². The number of benzene rings is 1. The van der Waals surface area contributed by atoms with Crippen LogP contribution in [0.2, 0.25) is 0 Å². The maximum Gasteiger partial charge on any atom is 0.161 e. The zero-order valence-electron chi connectivity index (χ0n) is 12.1. The highest BCUT2D eigenvalue weighted by atomic mass is 32.2. The van der Waals surface area contributed by atoms with Crippen LogP contribution < -0.4 is 15.2 Å². The Morgan fingerprint density at radius 3 is 2.80 bits per heavy atom. The number of rotatable bonds is 5. The summed E-state index contributed by atoms with van der Waals surface area (Å²) in [6, 6.07) is 6.31. The van der Waals surface area contributed by atoms with Gasteiger partial charge in [0.1, 0.15) is 6.10 Å². The Balaban J connectivity index is 1.81. The third-order valence-corrected chi connectivity index (χ3v) is 5.62. The molecule has 0 bridgehead atoms. The summed E-state index contributed by atoms with van der Waals surface area (Å²) in [4.78, 5) is 0. The second kappa shape index (κ2) is 5.86. The molecule has 1 aliphatic heterocycles. The van der Waals surface area contributed by atoms with Crippen molar-refractivity contribution in [3.8, 4) is 11.5 Å². The van der Waals surface area contributed by atoms with Crippen LogP contribution in [0.1, 0.15) is 31.2 Å². The van der Waals surface area contributed by atoms with Crippen molar-refractivity contribution in [1.82, 2.24) is 0 Å². The predicted molar refractivity (Wildman–Crippen MR) is 83.9 cm³/mol. The maximum atomic E-state index is 6.20.